The Labute approximate surface area is 124 Å². The third kappa shape index (κ3) is 2.51. The van der Waals surface area contributed by atoms with Gasteiger partial charge in [-0.15, -0.1) is 22.9 Å². The first-order chi connectivity index (χ1) is 8.69. The molecule has 0 spiro atoms. The lowest BCUT2D eigenvalue weighted by Gasteiger charge is -2.17. The summed E-state index contributed by atoms with van der Waals surface area (Å²) in [5.41, 5.74) is 0.854. The maximum Gasteiger partial charge on any atom is 0.127 e. The first-order valence-electron chi connectivity index (χ1n) is 5.27. The van der Waals surface area contributed by atoms with Crippen LogP contribution in [0, 0.1) is 0 Å². The fourth-order valence-corrected chi connectivity index (χ4v) is 3.95. The molecule has 0 N–H and O–H groups in total. The van der Waals surface area contributed by atoms with Crippen molar-refractivity contribution in [2.24, 2.45) is 0 Å². The highest BCUT2D eigenvalue weighted by atomic mass is 79.9. The van der Waals surface area contributed by atoms with E-state index in [-0.39, 0.29) is 5.38 Å². The first kappa shape index (κ1) is 13.7. The van der Waals surface area contributed by atoms with Gasteiger partial charge >= 0.3 is 0 Å². The van der Waals surface area contributed by atoms with Crippen LogP contribution in [-0.2, 0) is 0 Å². The molecule has 1 aromatic heterocycles. The van der Waals surface area contributed by atoms with Crippen LogP contribution in [0.5, 0.6) is 11.5 Å². The Morgan fingerprint density at radius 1 is 1.17 bits per heavy atom. The minimum absolute atomic E-state index is 0.300. The van der Waals surface area contributed by atoms with Gasteiger partial charge in [0.2, 0.25) is 0 Å². The van der Waals surface area contributed by atoms with E-state index in [1.807, 2.05) is 29.6 Å². The summed E-state index contributed by atoms with van der Waals surface area (Å²) in [4.78, 5) is 1.04. The summed E-state index contributed by atoms with van der Waals surface area (Å²) >= 11 is 11.7. The van der Waals surface area contributed by atoms with Crippen LogP contribution in [0.4, 0.5) is 0 Å². The van der Waals surface area contributed by atoms with E-state index in [1.165, 1.54) is 0 Å². The van der Waals surface area contributed by atoms with Crippen LogP contribution in [0.3, 0.4) is 0 Å². The van der Waals surface area contributed by atoms with Gasteiger partial charge in [-0.05, 0) is 39.5 Å². The summed E-state index contributed by atoms with van der Waals surface area (Å²) in [6, 6.07) is 7.63. The number of hydrogen-bond donors (Lipinski definition) is 0. The molecule has 1 unspecified atom stereocenters. The lowest BCUT2D eigenvalue weighted by Crippen LogP contribution is -2.00. The fourth-order valence-electron chi connectivity index (χ4n) is 1.75. The van der Waals surface area contributed by atoms with E-state index in [0.29, 0.717) is 0 Å². The molecule has 0 fully saturated rings. The summed E-state index contributed by atoms with van der Waals surface area (Å²) in [6.45, 7) is 0. The lowest BCUT2D eigenvalue weighted by atomic mass is 10.1. The third-order valence-corrected chi connectivity index (χ3v) is 5.10. The van der Waals surface area contributed by atoms with Gasteiger partial charge in [0.1, 0.15) is 16.9 Å². The van der Waals surface area contributed by atoms with Crippen LogP contribution in [0.15, 0.2) is 34.1 Å². The van der Waals surface area contributed by atoms with E-state index in [2.05, 4.69) is 15.9 Å². The second-order valence-electron chi connectivity index (χ2n) is 3.57. The van der Waals surface area contributed by atoms with E-state index in [1.54, 1.807) is 25.6 Å². The number of hydrogen-bond acceptors (Lipinski definition) is 3. The smallest absolute Gasteiger partial charge is 0.127 e. The number of benzene rings is 1. The molecule has 1 aromatic carbocycles. The SMILES string of the molecule is COc1cccc(OC)c1C(Cl)c1sccc1Br. The normalized spacial score (nSPS) is 12.2. The second-order valence-corrected chi connectivity index (χ2v) is 5.81. The second kappa shape index (κ2) is 5.95. The summed E-state index contributed by atoms with van der Waals surface area (Å²) in [5, 5.41) is 1.70. The molecule has 0 amide bonds. The molecule has 0 radical (unpaired) electrons. The highest BCUT2D eigenvalue weighted by molar-refractivity contribution is 9.10. The van der Waals surface area contributed by atoms with Gasteiger partial charge < -0.3 is 9.47 Å². The molecule has 1 heterocycles. The number of thiophene rings is 1. The molecule has 0 aliphatic rings. The Hall–Kier alpha value is -0.710. The Bertz CT molecular complexity index is 519. The molecule has 1 atom stereocenters. The van der Waals surface area contributed by atoms with Gasteiger partial charge in [0.15, 0.2) is 0 Å². The van der Waals surface area contributed by atoms with E-state index in [9.17, 15) is 0 Å². The third-order valence-electron chi connectivity index (χ3n) is 2.59. The minimum Gasteiger partial charge on any atom is -0.496 e. The molecular formula is C13H12BrClO2S. The molecule has 0 aliphatic heterocycles. The Kier molecular flexibility index (Phi) is 4.54. The predicted molar refractivity (Wildman–Crippen MR) is 79.3 cm³/mol. The zero-order valence-corrected chi connectivity index (χ0v) is 13.1. The average Bonchev–Trinajstić information content (AvgIpc) is 2.83. The maximum atomic E-state index is 6.57. The molecule has 0 aliphatic carbocycles. The van der Waals surface area contributed by atoms with Crippen LogP contribution >= 0.6 is 38.9 Å². The van der Waals surface area contributed by atoms with Gasteiger partial charge in [-0.1, -0.05) is 6.07 Å². The maximum absolute atomic E-state index is 6.57. The van der Waals surface area contributed by atoms with E-state index in [0.717, 1.165) is 26.4 Å². The largest absolute Gasteiger partial charge is 0.496 e. The number of ether oxygens (including phenoxy) is 2. The van der Waals surface area contributed by atoms with Crippen LogP contribution in [0.25, 0.3) is 0 Å². The lowest BCUT2D eigenvalue weighted by molar-refractivity contribution is 0.386. The number of alkyl halides is 1. The standard InChI is InChI=1S/C13H12BrClO2S/c1-16-9-4-3-5-10(17-2)11(9)12(15)13-8(14)6-7-18-13/h3-7,12H,1-2H3. The zero-order valence-electron chi connectivity index (χ0n) is 9.94. The van der Waals surface area contributed by atoms with Crippen molar-refractivity contribution in [2.45, 2.75) is 5.38 Å². The molecule has 2 nitrogen and oxygen atoms in total. The van der Waals surface area contributed by atoms with Crippen molar-refractivity contribution < 1.29 is 9.47 Å². The average molecular weight is 348 g/mol. The Morgan fingerprint density at radius 3 is 2.22 bits per heavy atom. The van der Waals surface area contributed by atoms with Crippen LogP contribution < -0.4 is 9.47 Å². The quantitative estimate of drug-likeness (QED) is 0.736. The van der Waals surface area contributed by atoms with Crippen molar-refractivity contribution in [3.63, 3.8) is 0 Å². The Balaban J connectivity index is 2.52. The van der Waals surface area contributed by atoms with Crippen LogP contribution in [-0.4, -0.2) is 14.2 Å². The molecule has 0 bridgehead atoms. The molecule has 0 saturated heterocycles. The molecule has 0 saturated carbocycles. The summed E-state index contributed by atoms with van der Waals surface area (Å²) in [6.07, 6.45) is 0. The monoisotopic (exact) mass is 346 g/mol. The fraction of sp³-hybridized carbons (Fsp3) is 0.231. The van der Waals surface area contributed by atoms with Crippen LogP contribution in [0.1, 0.15) is 15.8 Å². The highest BCUT2D eigenvalue weighted by Crippen LogP contribution is 2.44. The summed E-state index contributed by atoms with van der Waals surface area (Å²) in [7, 11) is 3.26. The van der Waals surface area contributed by atoms with Gasteiger partial charge in [-0.2, -0.15) is 0 Å². The first-order valence-corrected chi connectivity index (χ1v) is 7.37. The van der Waals surface area contributed by atoms with Crippen LogP contribution in [0.2, 0.25) is 0 Å². The molecule has 96 valence electrons. The molecule has 2 rings (SSSR count). The van der Waals surface area contributed by atoms with Crippen molar-refractivity contribution in [2.75, 3.05) is 14.2 Å². The topological polar surface area (TPSA) is 18.5 Å². The minimum atomic E-state index is -0.300. The van der Waals surface area contributed by atoms with Gasteiger partial charge in [0, 0.05) is 9.35 Å². The van der Waals surface area contributed by atoms with Gasteiger partial charge in [-0.25, -0.2) is 0 Å². The van der Waals surface area contributed by atoms with Gasteiger partial charge in [0.25, 0.3) is 0 Å². The highest BCUT2D eigenvalue weighted by Gasteiger charge is 2.23. The number of rotatable bonds is 4. The molecular weight excluding hydrogens is 336 g/mol. The molecule has 5 heteroatoms. The molecule has 18 heavy (non-hydrogen) atoms. The van der Waals surface area contributed by atoms with E-state index < -0.39 is 0 Å². The van der Waals surface area contributed by atoms with Crippen molar-refractivity contribution >= 4 is 38.9 Å². The van der Waals surface area contributed by atoms with Gasteiger partial charge in [-0.3, -0.25) is 0 Å². The number of methoxy groups -OCH3 is 2. The van der Waals surface area contributed by atoms with Crippen molar-refractivity contribution in [1.29, 1.82) is 0 Å². The molecule has 2 aromatic rings. The number of halogens is 2. The van der Waals surface area contributed by atoms with Gasteiger partial charge in [0.05, 0.1) is 19.8 Å². The summed E-state index contributed by atoms with van der Waals surface area (Å²) < 4.78 is 11.7. The van der Waals surface area contributed by atoms with Crippen molar-refractivity contribution in [1.82, 2.24) is 0 Å². The van der Waals surface area contributed by atoms with Crippen molar-refractivity contribution in [3.8, 4) is 11.5 Å². The van der Waals surface area contributed by atoms with E-state index >= 15 is 0 Å². The summed E-state index contributed by atoms with van der Waals surface area (Å²) in [5.74, 6) is 1.46. The Morgan fingerprint density at radius 2 is 1.78 bits per heavy atom. The van der Waals surface area contributed by atoms with E-state index in [4.69, 9.17) is 21.1 Å². The predicted octanol–water partition coefficient (Wildman–Crippen LogP) is 4.86. The van der Waals surface area contributed by atoms with Crippen molar-refractivity contribution in [3.05, 3.63) is 44.6 Å². The zero-order chi connectivity index (χ0) is 13.1.